The van der Waals surface area contributed by atoms with E-state index in [1.54, 1.807) is 0 Å². The molecule has 0 aromatic carbocycles. The maximum atomic E-state index is 10.4. The van der Waals surface area contributed by atoms with Crippen molar-refractivity contribution in [2.75, 3.05) is 0 Å². The minimum atomic E-state index is -1.11. The molecule has 1 N–H and O–H groups in total. The number of aromatic carboxylic acids is 1. The molecular weight excluding hydrogens is 280 g/mol. The quantitative estimate of drug-likeness (QED) is 0.851. The lowest BCUT2D eigenvalue weighted by Crippen LogP contribution is -2.02. The van der Waals surface area contributed by atoms with Gasteiger partial charge in [0.15, 0.2) is 5.69 Å². The predicted molar refractivity (Wildman–Crippen MR) is 44.4 cm³/mol. The number of aromatic nitrogens is 2. The number of halogens is 2. The van der Waals surface area contributed by atoms with Gasteiger partial charge < -0.3 is 5.11 Å². The van der Waals surface area contributed by atoms with Crippen LogP contribution in [0.1, 0.15) is 10.5 Å². The molecule has 0 saturated carbocycles. The molecule has 58 valence electrons. The highest BCUT2D eigenvalue weighted by Gasteiger charge is 2.10. The van der Waals surface area contributed by atoms with E-state index in [1.165, 1.54) is 6.20 Å². The van der Waals surface area contributed by atoms with E-state index in [-0.39, 0.29) is 10.3 Å². The van der Waals surface area contributed by atoms with E-state index in [0.29, 0.717) is 4.60 Å². The number of nitrogens with zero attached hydrogens (tertiary/aromatic N) is 2. The Hall–Kier alpha value is -0.490. The summed E-state index contributed by atoms with van der Waals surface area (Å²) >= 11 is 5.96. The predicted octanol–water partition coefficient (Wildman–Crippen LogP) is 1.70. The molecule has 0 fully saturated rings. The number of hydrogen-bond acceptors (Lipinski definition) is 3. The lowest BCUT2D eigenvalue weighted by Gasteiger charge is -1.95. The Morgan fingerprint density at radius 1 is 1.55 bits per heavy atom. The molecule has 1 aromatic heterocycles. The zero-order valence-electron chi connectivity index (χ0n) is 5.08. The van der Waals surface area contributed by atoms with Crippen LogP contribution in [0.25, 0.3) is 0 Å². The van der Waals surface area contributed by atoms with Crippen LogP contribution in [-0.2, 0) is 0 Å². The number of rotatable bonds is 1. The molecule has 6 heteroatoms. The summed E-state index contributed by atoms with van der Waals surface area (Å²) in [6.07, 6.45) is 1.41. The van der Waals surface area contributed by atoms with Crippen molar-refractivity contribution >= 4 is 37.8 Å². The molecule has 0 bridgehead atoms. The van der Waals surface area contributed by atoms with Gasteiger partial charge in [0, 0.05) is 0 Å². The van der Waals surface area contributed by atoms with Gasteiger partial charge in [-0.2, -0.15) is 0 Å². The van der Waals surface area contributed by atoms with E-state index in [1.807, 2.05) is 0 Å². The zero-order valence-corrected chi connectivity index (χ0v) is 8.26. The fourth-order valence-electron chi connectivity index (χ4n) is 0.489. The third kappa shape index (κ3) is 1.97. The Bertz CT molecular complexity index is 303. The molecule has 11 heavy (non-hydrogen) atoms. The summed E-state index contributed by atoms with van der Waals surface area (Å²) in [7, 11) is 0. The van der Waals surface area contributed by atoms with Gasteiger partial charge in [-0.05, 0) is 31.9 Å². The fraction of sp³-hybridized carbons (Fsp3) is 0. The first-order chi connectivity index (χ1) is 5.11. The Morgan fingerprint density at radius 3 is 2.64 bits per heavy atom. The summed E-state index contributed by atoms with van der Waals surface area (Å²) in [5, 5.41) is 8.54. The highest BCUT2D eigenvalue weighted by atomic mass is 79.9. The van der Waals surface area contributed by atoms with Crippen LogP contribution in [0.15, 0.2) is 15.4 Å². The van der Waals surface area contributed by atoms with E-state index < -0.39 is 5.97 Å². The summed E-state index contributed by atoms with van der Waals surface area (Å²) in [6, 6.07) is 0. The van der Waals surface area contributed by atoms with Crippen molar-refractivity contribution in [3.63, 3.8) is 0 Å². The van der Waals surface area contributed by atoms with Crippen molar-refractivity contribution in [2.45, 2.75) is 0 Å². The molecule has 1 heterocycles. The van der Waals surface area contributed by atoms with E-state index >= 15 is 0 Å². The zero-order chi connectivity index (χ0) is 8.43. The van der Waals surface area contributed by atoms with Crippen LogP contribution in [0.3, 0.4) is 0 Å². The van der Waals surface area contributed by atoms with Crippen molar-refractivity contribution in [1.82, 2.24) is 9.97 Å². The van der Waals surface area contributed by atoms with Gasteiger partial charge in [0.05, 0.1) is 6.20 Å². The second-order valence-electron chi connectivity index (χ2n) is 1.64. The Labute approximate surface area is 78.9 Å². The average Bonchev–Trinajstić information content (AvgIpc) is 1.94. The molecular formula is C5H2Br2N2O2. The molecule has 0 unspecified atom stereocenters. The highest BCUT2D eigenvalue weighted by molar-refractivity contribution is 9.10. The number of hydrogen-bond donors (Lipinski definition) is 1. The van der Waals surface area contributed by atoms with Gasteiger partial charge in [-0.15, -0.1) is 0 Å². The maximum absolute atomic E-state index is 10.4. The van der Waals surface area contributed by atoms with Crippen LogP contribution < -0.4 is 0 Å². The molecule has 1 rings (SSSR count). The van der Waals surface area contributed by atoms with Crippen molar-refractivity contribution in [3.8, 4) is 0 Å². The Kier molecular flexibility index (Phi) is 2.56. The lowest BCUT2D eigenvalue weighted by atomic mass is 10.5. The SMILES string of the molecule is O=C(O)c1nc(Br)cnc1Br. The summed E-state index contributed by atoms with van der Waals surface area (Å²) in [4.78, 5) is 17.8. The van der Waals surface area contributed by atoms with Crippen molar-refractivity contribution in [1.29, 1.82) is 0 Å². The van der Waals surface area contributed by atoms with Crippen molar-refractivity contribution < 1.29 is 9.90 Å². The van der Waals surface area contributed by atoms with E-state index in [4.69, 9.17) is 5.11 Å². The highest BCUT2D eigenvalue weighted by Crippen LogP contribution is 2.13. The number of carbonyl (C=O) groups is 1. The van der Waals surface area contributed by atoms with Crippen molar-refractivity contribution in [2.24, 2.45) is 0 Å². The van der Waals surface area contributed by atoms with E-state index in [2.05, 4.69) is 41.8 Å². The van der Waals surface area contributed by atoms with Crippen LogP contribution in [0, 0.1) is 0 Å². The van der Waals surface area contributed by atoms with Gasteiger partial charge >= 0.3 is 5.97 Å². The minimum absolute atomic E-state index is 0.0978. The molecule has 0 atom stereocenters. The van der Waals surface area contributed by atoms with E-state index in [9.17, 15) is 4.79 Å². The largest absolute Gasteiger partial charge is 0.476 e. The molecule has 4 nitrogen and oxygen atoms in total. The second-order valence-corrected chi connectivity index (χ2v) is 3.20. The van der Waals surface area contributed by atoms with Crippen LogP contribution >= 0.6 is 31.9 Å². The van der Waals surface area contributed by atoms with Gasteiger partial charge in [-0.3, -0.25) is 0 Å². The number of carboxylic acid groups (broad SMARTS) is 1. The van der Waals surface area contributed by atoms with Gasteiger partial charge in [0.25, 0.3) is 0 Å². The molecule has 0 aliphatic carbocycles. The Morgan fingerprint density at radius 2 is 2.18 bits per heavy atom. The molecule has 0 saturated heterocycles. The summed E-state index contributed by atoms with van der Waals surface area (Å²) in [5.41, 5.74) is -0.0978. The van der Waals surface area contributed by atoms with Crippen LogP contribution in [-0.4, -0.2) is 21.0 Å². The number of carboxylic acids is 1. The molecule has 0 aliphatic rings. The molecule has 0 spiro atoms. The average molecular weight is 282 g/mol. The molecule has 0 radical (unpaired) electrons. The Balaban J connectivity index is 3.23. The first-order valence-corrected chi connectivity index (χ1v) is 4.11. The minimum Gasteiger partial charge on any atom is -0.476 e. The molecule has 0 amide bonds. The standard InChI is InChI=1S/C5H2Br2N2O2/c6-2-1-8-4(7)3(9-2)5(10)11/h1H,(H,10,11). The summed E-state index contributed by atoms with van der Waals surface area (Å²) in [5.74, 6) is -1.11. The third-order valence-electron chi connectivity index (χ3n) is 0.901. The molecule has 0 aliphatic heterocycles. The van der Waals surface area contributed by atoms with Crippen LogP contribution in [0.4, 0.5) is 0 Å². The monoisotopic (exact) mass is 280 g/mol. The smallest absolute Gasteiger partial charge is 0.357 e. The van der Waals surface area contributed by atoms with Crippen LogP contribution in [0.5, 0.6) is 0 Å². The van der Waals surface area contributed by atoms with Gasteiger partial charge in [0.2, 0.25) is 0 Å². The summed E-state index contributed by atoms with van der Waals surface area (Å²) < 4.78 is 0.631. The first-order valence-electron chi connectivity index (χ1n) is 2.52. The van der Waals surface area contributed by atoms with Gasteiger partial charge in [-0.25, -0.2) is 14.8 Å². The lowest BCUT2D eigenvalue weighted by molar-refractivity contribution is 0.0688. The normalized spacial score (nSPS) is 9.64. The van der Waals surface area contributed by atoms with Gasteiger partial charge in [0.1, 0.15) is 9.21 Å². The van der Waals surface area contributed by atoms with Gasteiger partial charge in [-0.1, -0.05) is 0 Å². The fourth-order valence-corrected chi connectivity index (χ4v) is 1.13. The van der Waals surface area contributed by atoms with Crippen molar-refractivity contribution in [3.05, 3.63) is 21.1 Å². The topological polar surface area (TPSA) is 63.1 Å². The summed E-state index contributed by atoms with van der Waals surface area (Å²) in [6.45, 7) is 0. The third-order valence-corrected chi connectivity index (χ3v) is 1.86. The second kappa shape index (κ2) is 3.27. The molecule has 1 aromatic rings. The van der Waals surface area contributed by atoms with Crippen LogP contribution in [0.2, 0.25) is 0 Å². The van der Waals surface area contributed by atoms with E-state index in [0.717, 1.165) is 0 Å². The maximum Gasteiger partial charge on any atom is 0.357 e. The first kappa shape index (κ1) is 8.61.